The molecule has 1 aliphatic rings. The van der Waals surface area contributed by atoms with Crippen molar-refractivity contribution in [2.24, 2.45) is 0 Å². The lowest BCUT2D eigenvalue weighted by Crippen LogP contribution is -2.42. The van der Waals surface area contributed by atoms with E-state index in [1.54, 1.807) is 0 Å². The van der Waals surface area contributed by atoms with E-state index in [1.165, 1.54) is 0 Å². The van der Waals surface area contributed by atoms with Crippen molar-refractivity contribution >= 4 is 11.9 Å². The van der Waals surface area contributed by atoms with Gasteiger partial charge in [-0.3, -0.25) is 9.59 Å². The quantitative estimate of drug-likeness (QED) is 0.706. The van der Waals surface area contributed by atoms with Gasteiger partial charge in [0, 0.05) is 25.4 Å². The highest BCUT2D eigenvalue weighted by molar-refractivity contribution is 5.77. The maximum Gasteiger partial charge on any atom is 0.303 e. The minimum Gasteiger partial charge on any atom is -0.481 e. The third-order valence-corrected chi connectivity index (χ3v) is 3.15. The Morgan fingerprint density at radius 3 is 2.81 bits per heavy atom. The maximum atomic E-state index is 11.6. The molecule has 0 saturated carbocycles. The van der Waals surface area contributed by atoms with Crippen molar-refractivity contribution in [3.05, 3.63) is 0 Å². The summed E-state index contributed by atoms with van der Waals surface area (Å²) in [5.74, 6) is -0.473. The second-order valence-electron chi connectivity index (χ2n) is 4.53. The molecule has 1 N–H and O–H groups in total. The van der Waals surface area contributed by atoms with Gasteiger partial charge in [-0.15, -0.1) is 0 Å². The largest absolute Gasteiger partial charge is 0.481 e. The van der Waals surface area contributed by atoms with Crippen LogP contribution < -0.4 is 0 Å². The zero-order chi connectivity index (χ0) is 12.0. The summed E-state index contributed by atoms with van der Waals surface area (Å²) in [6.07, 6.45) is 5.55. The molecule has 1 fully saturated rings. The Balaban J connectivity index is 2.15. The minimum absolute atomic E-state index is 0.240. The first-order valence-electron chi connectivity index (χ1n) is 6.12. The highest BCUT2D eigenvalue weighted by atomic mass is 16.4. The maximum absolute atomic E-state index is 11.6. The van der Waals surface area contributed by atoms with Crippen LogP contribution in [-0.4, -0.2) is 34.5 Å². The van der Waals surface area contributed by atoms with Crippen LogP contribution in [0, 0.1) is 0 Å². The predicted molar refractivity (Wildman–Crippen MR) is 61.1 cm³/mol. The molecule has 0 radical (unpaired) electrons. The highest BCUT2D eigenvalue weighted by Crippen LogP contribution is 2.18. The number of hydrogen-bond donors (Lipinski definition) is 1. The monoisotopic (exact) mass is 227 g/mol. The predicted octanol–water partition coefficient (Wildman–Crippen LogP) is 2.03. The van der Waals surface area contributed by atoms with Crippen LogP contribution >= 0.6 is 0 Å². The van der Waals surface area contributed by atoms with Gasteiger partial charge in [-0.1, -0.05) is 6.42 Å². The molecule has 0 spiro atoms. The first-order valence-corrected chi connectivity index (χ1v) is 6.12. The number of likely N-dealkylation sites (tertiary alicyclic amines) is 1. The lowest BCUT2D eigenvalue weighted by molar-refractivity contribution is -0.138. The van der Waals surface area contributed by atoms with Gasteiger partial charge in [-0.25, -0.2) is 0 Å². The van der Waals surface area contributed by atoms with Crippen LogP contribution in [0.3, 0.4) is 0 Å². The van der Waals surface area contributed by atoms with Crippen molar-refractivity contribution in [3.8, 4) is 0 Å². The topological polar surface area (TPSA) is 57.6 Å². The lowest BCUT2D eigenvalue weighted by Gasteiger charge is -2.33. The Morgan fingerprint density at radius 2 is 2.19 bits per heavy atom. The molecule has 4 heteroatoms. The number of carboxylic acids is 1. The van der Waals surface area contributed by atoms with Crippen molar-refractivity contribution in [1.82, 2.24) is 4.90 Å². The molecule has 1 amide bonds. The Hall–Kier alpha value is -1.06. The molecule has 0 aliphatic carbocycles. The lowest BCUT2D eigenvalue weighted by atomic mass is 10.0. The zero-order valence-electron chi connectivity index (χ0n) is 9.95. The number of nitrogens with zero attached hydrogens (tertiary/aromatic N) is 1. The summed E-state index contributed by atoms with van der Waals surface area (Å²) in [4.78, 5) is 23.9. The number of amides is 1. The first-order chi connectivity index (χ1) is 7.61. The fraction of sp³-hybridized carbons (Fsp3) is 0.833. The normalized spacial score (nSPS) is 21.2. The summed E-state index contributed by atoms with van der Waals surface area (Å²) < 4.78 is 0. The fourth-order valence-electron chi connectivity index (χ4n) is 2.17. The van der Waals surface area contributed by atoms with Crippen LogP contribution in [0.15, 0.2) is 0 Å². The van der Waals surface area contributed by atoms with Crippen LogP contribution in [-0.2, 0) is 9.59 Å². The van der Waals surface area contributed by atoms with Gasteiger partial charge in [-0.2, -0.15) is 0 Å². The van der Waals surface area contributed by atoms with E-state index in [0.29, 0.717) is 18.9 Å². The number of unbranched alkanes of at least 4 members (excludes halogenated alkanes) is 2. The van der Waals surface area contributed by atoms with Gasteiger partial charge in [0.05, 0.1) is 0 Å². The summed E-state index contributed by atoms with van der Waals surface area (Å²) >= 11 is 0. The van der Waals surface area contributed by atoms with Crippen LogP contribution in [0.2, 0.25) is 0 Å². The van der Waals surface area contributed by atoms with Gasteiger partial charge in [0.1, 0.15) is 0 Å². The SMILES string of the molecule is CC1CCCC(=O)N1CCCCCC(=O)O. The summed E-state index contributed by atoms with van der Waals surface area (Å²) in [6, 6.07) is 0.362. The first kappa shape index (κ1) is 13.0. The summed E-state index contributed by atoms with van der Waals surface area (Å²) in [7, 11) is 0. The van der Waals surface area contributed by atoms with E-state index in [2.05, 4.69) is 6.92 Å². The molecule has 1 saturated heterocycles. The third kappa shape index (κ3) is 4.21. The second kappa shape index (κ2) is 6.51. The van der Waals surface area contributed by atoms with Gasteiger partial charge in [0.2, 0.25) is 5.91 Å². The molecule has 0 aromatic heterocycles. The summed E-state index contributed by atoms with van der Waals surface area (Å²) in [5, 5.41) is 8.48. The molecule has 1 rings (SSSR count). The molecule has 16 heavy (non-hydrogen) atoms. The molecule has 1 unspecified atom stereocenters. The van der Waals surface area contributed by atoms with Crippen LogP contribution in [0.25, 0.3) is 0 Å². The number of piperidine rings is 1. The van der Waals surface area contributed by atoms with Gasteiger partial charge >= 0.3 is 5.97 Å². The van der Waals surface area contributed by atoms with Crippen molar-refractivity contribution in [2.75, 3.05) is 6.54 Å². The Bertz CT molecular complexity index is 253. The van der Waals surface area contributed by atoms with Crippen LogP contribution in [0.4, 0.5) is 0 Å². The molecule has 4 nitrogen and oxygen atoms in total. The zero-order valence-corrected chi connectivity index (χ0v) is 9.95. The molecule has 0 bridgehead atoms. The fourth-order valence-corrected chi connectivity index (χ4v) is 2.17. The number of rotatable bonds is 6. The average Bonchev–Trinajstić information content (AvgIpc) is 2.21. The molecule has 0 aromatic carbocycles. The van der Waals surface area contributed by atoms with E-state index in [9.17, 15) is 9.59 Å². The number of hydrogen-bond acceptors (Lipinski definition) is 2. The molecule has 1 heterocycles. The van der Waals surface area contributed by atoms with E-state index in [-0.39, 0.29) is 12.3 Å². The molecule has 0 aromatic rings. The van der Waals surface area contributed by atoms with E-state index >= 15 is 0 Å². The molecule has 1 aliphatic heterocycles. The van der Waals surface area contributed by atoms with Gasteiger partial charge in [0.25, 0.3) is 0 Å². The average molecular weight is 227 g/mol. The van der Waals surface area contributed by atoms with Crippen molar-refractivity contribution in [3.63, 3.8) is 0 Å². The number of aliphatic carboxylic acids is 1. The van der Waals surface area contributed by atoms with E-state index in [0.717, 1.165) is 32.2 Å². The Morgan fingerprint density at radius 1 is 1.44 bits per heavy atom. The minimum atomic E-state index is -0.734. The number of carbonyl (C=O) groups is 2. The van der Waals surface area contributed by atoms with Crippen LogP contribution in [0.5, 0.6) is 0 Å². The Kier molecular flexibility index (Phi) is 5.29. The Labute approximate surface area is 96.6 Å². The van der Waals surface area contributed by atoms with Crippen molar-refractivity contribution in [1.29, 1.82) is 0 Å². The van der Waals surface area contributed by atoms with Crippen LogP contribution in [0.1, 0.15) is 51.9 Å². The third-order valence-electron chi connectivity index (χ3n) is 3.15. The smallest absolute Gasteiger partial charge is 0.303 e. The standard InChI is InChI=1S/C12H21NO3/c1-10-6-5-7-11(14)13(10)9-4-2-3-8-12(15)16/h10H,2-9H2,1H3,(H,15,16). The van der Waals surface area contributed by atoms with E-state index in [4.69, 9.17) is 5.11 Å². The van der Waals surface area contributed by atoms with Crippen molar-refractivity contribution in [2.45, 2.75) is 57.9 Å². The van der Waals surface area contributed by atoms with Crippen molar-refractivity contribution < 1.29 is 14.7 Å². The molecule has 92 valence electrons. The van der Waals surface area contributed by atoms with Gasteiger partial charge in [-0.05, 0) is 32.6 Å². The molecule has 1 atom stereocenters. The molecular weight excluding hydrogens is 206 g/mol. The highest BCUT2D eigenvalue weighted by Gasteiger charge is 2.23. The van der Waals surface area contributed by atoms with Gasteiger partial charge in [0.15, 0.2) is 0 Å². The number of carboxylic acid groups (broad SMARTS) is 1. The van der Waals surface area contributed by atoms with E-state index < -0.39 is 5.97 Å². The van der Waals surface area contributed by atoms with E-state index in [1.807, 2.05) is 4.90 Å². The molecular formula is C12H21NO3. The summed E-state index contributed by atoms with van der Waals surface area (Å²) in [5.41, 5.74) is 0. The van der Waals surface area contributed by atoms with Gasteiger partial charge < -0.3 is 10.0 Å². The second-order valence-corrected chi connectivity index (χ2v) is 4.53. The summed E-state index contributed by atoms with van der Waals surface area (Å²) in [6.45, 7) is 2.88. The number of carbonyl (C=O) groups excluding carboxylic acids is 1.